The van der Waals surface area contributed by atoms with E-state index in [1.165, 1.54) is 5.56 Å². The summed E-state index contributed by atoms with van der Waals surface area (Å²) in [5, 5.41) is 13.8. The van der Waals surface area contributed by atoms with Crippen molar-refractivity contribution in [2.24, 2.45) is 0 Å². The number of hydrogen-bond acceptors (Lipinski definition) is 6. The zero-order valence-electron chi connectivity index (χ0n) is 21.9. The van der Waals surface area contributed by atoms with E-state index in [9.17, 15) is 4.79 Å². The lowest BCUT2D eigenvalue weighted by molar-refractivity contribution is 0.150. The Hall–Kier alpha value is -3.52. The molecule has 0 unspecified atom stereocenters. The van der Waals surface area contributed by atoms with Gasteiger partial charge in [0.05, 0.1) is 18.2 Å². The number of benzene rings is 2. The Labute approximate surface area is 212 Å². The van der Waals surface area contributed by atoms with Crippen LogP contribution in [0.15, 0.2) is 59.4 Å². The number of rotatable bonds is 11. The van der Waals surface area contributed by atoms with Crippen molar-refractivity contribution in [3.8, 4) is 5.75 Å². The van der Waals surface area contributed by atoms with Crippen LogP contribution in [0.2, 0.25) is 0 Å². The minimum absolute atomic E-state index is 0.0733. The van der Waals surface area contributed by atoms with Gasteiger partial charge >= 0.3 is 0 Å². The number of pyridine rings is 1. The summed E-state index contributed by atoms with van der Waals surface area (Å²) in [5.41, 5.74) is 2.34. The Bertz CT molecular complexity index is 1350. The first kappa shape index (κ1) is 25.6. The number of tetrazole rings is 1. The summed E-state index contributed by atoms with van der Waals surface area (Å²) in [5.74, 6) is 1.60. The van der Waals surface area contributed by atoms with Crippen molar-refractivity contribution in [2.75, 3.05) is 6.61 Å². The number of nitrogens with zero attached hydrogens (tertiary/aromatic N) is 5. The van der Waals surface area contributed by atoms with Crippen LogP contribution in [0.1, 0.15) is 70.5 Å². The third kappa shape index (κ3) is 5.49. The van der Waals surface area contributed by atoms with Gasteiger partial charge in [-0.05, 0) is 73.9 Å². The monoisotopic (exact) mass is 488 g/mol. The predicted octanol–water partition coefficient (Wildman–Crippen LogP) is 5.21. The van der Waals surface area contributed by atoms with Crippen LogP contribution in [0.25, 0.3) is 10.9 Å². The number of fused-ring (bicyclic) bond motifs is 1. The molecule has 0 aliphatic rings. The van der Waals surface area contributed by atoms with Gasteiger partial charge in [0, 0.05) is 29.6 Å². The first-order valence-corrected chi connectivity index (χ1v) is 12.7. The maximum atomic E-state index is 13.1. The van der Waals surface area contributed by atoms with Gasteiger partial charge in [0.25, 0.3) is 5.56 Å². The maximum Gasteiger partial charge on any atom is 0.252 e. The van der Waals surface area contributed by atoms with E-state index in [1.54, 1.807) is 0 Å². The third-order valence-corrected chi connectivity index (χ3v) is 6.86. The Morgan fingerprint density at radius 2 is 1.83 bits per heavy atom. The van der Waals surface area contributed by atoms with Crippen molar-refractivity contribution in [3.05, 3.63) is 81.9 Å². The molecule has 0 aliphatic carbocycles. The molecule has 0 saturated carbocycles. The van der Waals surface area contributed by atoms with Crippen molar-refractivity contribution < 1.29 is 4.74 Å². The van der Waals surface area contributed by atoms with Gasteiger partial charge in [-0.3, -0.25) is 9.69 Å². The van der Waals surface area contributed by atoms with Crippen LogP contribution in [-0.2, 0) is 18.6 Å². The molecular weight excluding hydrogens is 452 g/mol. The van der Waals surface area contributed by atoms with E-state index in [0.29, 0.717) is 25.3 Å². The molecule has 0 bridgehead atoms. The molecule has 1 atom stereocenters. The zero-order chi connectivity index (χ0) is 25.7. The average Bonchev–Trinajstić information content (AvgIpc) is 3.36. The summed E-state index contributed by atoms with van der Waals surface area (Å²) < 4.78 is 7.62. The summed E-state index contributed by atoms with van der Waals surface area (Å²) in [4.78, 5) is 18.5. The van der Waals surface area contributed by atoms with Crippen LogP contribution < -0.4 is 10.3 Å². The molecule has 0 radical (unpaired) electrons. The molecule has 2 heterocycles. The van der Waals surface area contributed by atoms with E-state index >= 15 is 0 Å². The molecule has 2 aromatic carbocycles. The zero-order valence-corrected chi connectivity index (χ0v) is 21.9. The Morgan fingerprint density at radius 3 is 2.53 bits per heavy atom. The number of aromatic nitrogens is 5. The van der Waals surface area contributed by atoms with Crippen LogP contribution in [0, 0.1) is 0 Å². The van der Waals surface area contributed by atoms with E-state index in [1.807, 2.05) is 54.1 Å². The van der Waals surface area contributed by atoms with Crippen molar-refractivity contribution >= 4 is 10.9 Å². The third-order valence-electron chi connectivity index (χ3n) is 6.86. The molecule has 4 rings (SSSR count). The lowest BCUT2D eigenvalue weighted by Crippen LogP contribution is -2.36. The minimum Gasteiger partial charge on any atom is -0.494 e. The van der Waals surface area contributed by atoms with Gasteiger partial charge in [0.2, 0.25) is 0 Å². The number of aromatic amines is 1. The second-order valence-electron chi connectivity index (χ2n) is 9.74. The standard InChI is InChI=1S/C28H36N6O2/c1-6-25(26-30-31-32-34(26)28(4,5)7-2)33(18-20-12-10-9-11-13-20)19-22-16-21-17-23(36-8-3)14-15-24(21)29-27(22)35/h9-17,25H,6-8,18-19H2,1-5H3,(H,29,35)/t25-/m1/s1. The first-order chi connectivity index (χ1) is 17.4. The number of H-pyrrole nitrogens is 1. The topological polar surface area (TPSA) is 88.9 Å². The van der Waals surface area contributed by atoms with Gasteiger partial charge in [0.1, 0.15) is 5.75 Å². The largest absolute Gasteiger partial charge is 0.494 e. The first-order valence-electron chi connectivity index (χ1n) is 12.7. The number of hydrogen-bond donors (Lipinski definition) is 1. The summed E-state index contributed by atoms with van der Waals surface area (Å²) in [6.45, 7) is 12.2. The van der Waals surface area contributed by atoms with Gasteiger partial charge in [-0.1, -0.05) is 44.2 Å². The number of nitrogens with one attached hydrogen (secondary N) is 1. The fourth-order valence-electron chi connectivity index (χ4n) is 4.50. The van der Waals surface area contributed by atoms with Crippen LogP contribution in [0.3, 0.4) is 0 Å². The predicted molar refractivity (Wildman–Crippen MR) is 142 cm³/mol. The molecule has 0 fully saturated rings. The summed E-state index contributed by atoms with van der Waals surface area (Å²) in [6, 6.07) is 18.0. The van der Waals surface area contributed by atoms with Gasteiger partial charge in [-0.2, -0.15) is 0 Å². The molecule has 0 saturated heterocycles. The lowest BCUT2D eigenvalue weighted by atomic mass is 10.0. The van der Waals surface area contributed by atoms with E-state index in [0.717, 1.165) is 35.3 Å². The molecule has 0 spiro atoms. The maximum absolute atomic E-state index is 13.1. The van der Waals surface area contributed by atoms with Crippen molar-refractivity contribution in [3.63, 3.8) is 0 Å². The van der Waals surface area contributed by atoms with Gasteiger partial charge in [0.15, 0.2) is 5.82 Å². The quantitative estimate of drug-likeness (QED) is 0.312. The fourth-order valence-corrected chi connectivity index (χ4v) is 4.50. The van der Waals surface area contributed by atoms with E-state index < -0.39 is 0 Å². The van der Waals surface area contributed by atoms with Crippen molar-refractivity contribution in [1.82, 2.24) is 30.1 Å². The summed E-state index contributed by atoms with van der Waals surface area (Å²) >= 11 is 0. The highest BCUT2D eigenvalue weighted by molar-refractivity contribution is 5.80. The molecule has 2 aromatic heterocycles. The van der Waals surface area contributed by atoms with Crippen LogP contribution >= 0.6 is 0 Å². The summed E-state index contributed by atoms with van der Waals surface area (Å²) in [6.07, 6.45) is 1.69. The normalized spacial score (nSPS) is 12.8. The highest BCUT2D eigenvalue weighted by atomic mass is 16.5. The molecule has 8 nitrogen and oxygen atoms in total. The van der Waals surface area contributed by atoms with Crippen molar-refractivity contribution in [2.45, 2.75) is 72.1 Å². The minimum atomic E-state index is -0.221. The second-order valence-corrected chi connectivity index (χ2v) is 9.74. The molecule has 1 N–H and O–H groups in total. The molecular formula is C28H36N6O2. The summed E-state index contributed by atoms with van der Waals surface area (Å²) in [7, 11) is 0. The van der Waals surface area contributed by atoms with Gasteiger partial charge < -0.3 is 9.72 Å². The SMILES string of the molecule is CCOc1ccc2[nH]c(=O)c(CN(Cc3ccccc3)[C@H](CC)c3nnnn3C(C)(C)CC)cc2c1. The Morgan fingerprint density at radius 1 is 1.06 bits per heavy atom. The van der Waals surface area contributed by atoms with Crippen LogP contribution in [-0.4, -0.2) is 36.7 Å². The molecule has 36 heavy (non-hydrogen) atoms. The highest BCUT2D eigenvalue weighted by Crippen LogP contribution is 2.30. The Balaban J connectivity index is 1.76. The van der Waals surface area contributed by atoms with E-state index in [-0.39, 0.29) is 17.1 Å². The van der Waals surface area contributed by atoms with E-state index in [2.05, 4.69) is 65.2 Å². The fraction of sp³-hybridized carbons (Fsp3) is 0.429. The molecule has 0 amide bonds. The molecule has 8 heteroatoms. The molecule has 4 aromatic rings. The average molecular weight is 489 g/mol. The van der Waals surface area contributed by atoms with Gasteiger partial charge in [-0.15, -0.1) is 5.10 Å². The second kappa shape index (κ2) is 11.0. The Kier molecular flexibility index (Phi) is 7.84. The van der Waals surface area contributed by atoms with Gasteiger partial charge in [-0.25, -0.2) is 4.68 Å². The van der Waals surface area contributed by atoms with E-state index in [4.69, 9.17) is 4.74 Å². The lowest BCUT2D eigenvalue weighted by Gasteiger charge is -2.33. The van der Waals surface area contributed by atoms with Crippen molar-refractivity contribution in [1.29, 1.82) is 0 Å². The van der Waals surface area contributed by atoms with Crippen LogP contribution in [0.4, 0.5) is 0 Å². The molecule has 190 valence electrons. The smallest absolute Gasteiger partial charge is 0.252 e. The van der Waals surface area contributed by atoms with Crippen LogP contribution in [0.5, 0.6) is 5.75 Å². The molecule has 0 aliphatic heterocycles. The highest BCUT2D eigenvalue weighted by Gasteiger charge is 2.31. The number of ether oxygens (including phenoxy) is 1.